The molecule has 2 aliphatic carbocycles. The third-order valence-corrected chi connectivity index (χ3v) is 5.74. The third-order valence-electron chi connectivity index (χ3n) is 5.74. The molecular weight excluding hydrogens is 232 g/mol. The molecular formula is C17H32N2. The van der Waals surface area contributed by atoms with Crippen LogP contribution in [0.4, 0.5) is 0 Å². The number of nitrogens with zero attached hydrogens (tertiary/aromatic N) is 1. The second-order valence-corrected chi connectivity index (χ2v) is 7.34. The molecule has 2 heteroatoms. The Morgan fingerprint density at radius 3 is 2.32 bits per heavy atom. The summed E-state index contributed by atoms with van der Waals surface area (Å²) in [6.45, 7) is 5.37. The molecule has 2 saturated carbocycles. The van der Waals surface area contributed by atoms with Crippen molar-refractivity contribution in [1.29, 1.82) is 0 Å². The van der Waals surface area contributed by atoms with Gasteiger partial charge in [0, 0.05) is 6.04 Å². The van der Waals surface area contributed by atoms with Gasteiger partial charge < -0.3 is 10.2 Å². The van der Waals surface area contributed by atoms with Gasteiger partial charge in [-0.15, -0.1) is 0 Å². The minimum atomic E-state index is 0.780. The van der Waals surface area contributed by atoms with E-state index >= 15 is 0 Å². The average Bonchev–Trinajstić information content (AvgIpc) is 3.26. The smallest absolute Gasteiger partial charge is 0.00682 e. The number of piperidine rings is 1. The van der Waals surface area contributed by atoms with Crippen molar-refractivity contribution in [3.8, 4) is 0 Å². The van der Waals surface area contributed by atoms with E-state index in [0.29, 0.717) is 0 Å². The molecule has 19 heavy (non-hydrogen) atoms. The first-order valence-corrected chi connectivity index (χ1v) is 8.82. The first-order chi connectivity index (χ1) is 9.36. The topological polar surface area (TPSA) is 15.3 Å². The minimum Gasteiger partial charge on any atom is -0.314 e. The monoisotopic (exact) mass is 264 g/mol. The van der Waals surface area contributed by atoms with Crippen molar-refractivity contribution in [3.05, 3.63) is 0 Å². The Bertz CT molecular complexity index is 256. The standard InChI is InChI=1S/C17H32N2/c1-2-8-17(9-3-1)10-14-19(15-11-17)13-5-4-12-18-16-6-7-16/h16,18H,1-15H2. The zero-order valence-electron chi connectivity index (χ0n) is 12.6. The molecule has 0 atom stereocenters. The Kier molecular flexibility index (Phi) is 4.81. The number of rotatable bonds is 6. The van der Waals surface area contributed by atoms with Gasteiger partial charge in [-0.25, -0.2) is 0 Å². The summed E-state index contributed by atoms with van der Waals surface area (Å²) < 4.78 is 0. The van der Waals surface area contributed by atoms with E-state index in [9.17, 15) is 0 Å². The highest BCUT2D eigenvalue weighted by molar-refractivity contribution is 4.88. The van der Waals surface area contributed by atoms with Crippen molar-refractivity contribution in [1.82, 2.24) is 10.2 Å². The van der Waals surface area contributed by atoms with Crippen LogP contribution < -0.4 is 5.32 Å². The van der Waals surface area contributed by atoms with E-state index in [1.54, 1.807) is 0 Å². The molecule has 1 heterocycles. The predicted molar refractivity (Wildman–Crippen MR) is 81.5 cm³/mol. The Labute approximate surface area is 119 Å². The van der Waals surface area contributed by atoms with Crippen LogP contribution in [0.15, 0.2) is 0 Å². The van der Waals surface area contributed by atoms with Crippen LogP contribution in [0.1, 0.15) is 70.6 Å². The lowest BCUT2D eigenvalue weighted by molar-refractivity contribution is 0.0670. The van der Waals surface area contributed by atoms with E-state index < -0.39 is 0 Å². The van der Waals surface area contributed by atoms with Gasteiger partial charge in [-0.05, 0) is 83.0 Å². The van der Waals surface area contributed by atoms with Crippen LogP contribution in [0.5, 0.6) is 0 Å². The summed E-state index contributed by atoms with van der Waals surface area (Å²) in [4.78, 5) is 2.73. The van der Waals surface area contributed by atoms with Gasteiger partial charge in [0.1, 0.15) is 0 Å². The van der Waals surface area contributed by atoms with Gasteiger partial charge in [0.2, 0.25) is 0 Å². The van der Waals surface area contributed by atoms with Gasteiger partial charge in [-0.3, -0.25) is 0 Å². The first-order valence-electron chi connectivity index (χ1n) is 8.82. The SMILES string of the molecule is C1CCC2(CC1)CCN(CCCCNC1CC1)CC2. The van der Waals surface area contributed by atoms with Gasteiger partial charge >= 0.3 is 0 Å². The van der Waals surface area contributed by atoms with Crippen LogP contribution in [0, 0.1) is 5.41 Å². The van der Waals surface area contributed by atoms with Crippen LogP contribution in [-0.4, -0.2) is 37.1 Å². The molecule has 3 aliphatic rings. The Morgan fingerprint density at radius 1 is 0.895 bits per heavy atom. The summed E-state index contributed by atoms with van der Waals surface area (Å²) in [5, 5.41) is 3.62. The van der Waals surface area contributed by atoms with Crippen molar-refractivity contribution in [2.75, 3.05) is 26.2 Å². The molecule has 0 aromatic rings. The van der Waals surface area contributed by atoms with Gasteiger partial charge in [-0.2, -0.15) is 0 Å². The summed E-state index contributed by atoms with van der Waals surface area (Å²) in [6.07, 6.45) is 16.2. The summed E-state index contributed by atoms with van der Waals surface area (Å²) in [5.74, 6) is 0. The van der Waals surface area contributed by atoms with E-state index in [2.05, 4.69) is 10.2 Å². The number of unbranched alkanes of at least 4 members (excludes halogenated alkanes) is 1. The Morgan fingerprint density at radius 2 is 1.63 bits per heavy atom. The molecule has 1 N–H and O–H groups in total. The van der Waals surface area contributed by atoms with E-state index in [4.69, 9.17) is 0 Å². The van der Waals surface area contributed by atoms with Crippen molar-refractivity contribution in [2.24, 2.45) is 5.41 Å². The maximum absolute atomic E-state index is 3.62. The zero-order chi connectivity index (χ0) is 13.0. The molecule has 0 radical (unpaired) electrons. The normalized spacial score (nSPS) is 27.8. The fraction of sp³-hybridized carbons (Fsp3) is 1.00. The maximum atomic E-state index is 3.62. The van der Waals surface area contributed by atoms with Gasteiger partial charge in [0.05, 0.1) is 0 Å². The Balaban J connectivity index is 1.27. The Hall–Kier alpha value is -0.0800. The molecule has 1 spiro atoms. The average molecular weight is 264 g/mol. The highest BCUT2D eigenvalue weighted by atomic mass is 15.1. The molecule has 3 rings (SSSR count). The van der Waals surface area contributed by atoms with Crippen LogP contribution in [0.25, 0.3) is 0 Å². The number of hydrogen-bond donors (Lipinski definition) is 1. The van der Waals surface area contributed by atoms with Crippen LogP contribution in [0.3, 0.4) is 0 Å². The first kappa shape index (κ1) is 13.9. The molecule has 0 bridgehead atoms. The fourth-order valence-corrected chi connectivity index (χ4v) is 4.11. The fourth-order valence-electron chi connectivity index (χ4n) is 4.11. The largest absolute Gasteiger partial charge is 0.314 e. The number of nitrogens with one attached hydrogen (secondary N) is 1. The van der Waals surface area contributed by atoms with Gasteiger partial charge in [0.25, 0.3) is 0 Å². The molecule has 0 amide bonds. The lowest BCUT2D eigenvalue weighted by Gasteiger charge is -2.44. The van der Waals surface area contributed by atoms with Crippen LogP contribution in [-0.2, 0) is 0 Å². The molecule has 1 saturated heterocycles. The third kappa shape index (κ3) is 4.19. The predicted octanol–water partition coefficient (Wildman–Crippen LogP) is 3.56. The van der Waals surface area contributed by atoms with Crippen molar-refractivity contribution < 1.29 is 0 Å². The van der Waals surface area contributed by atoms with Gasteiger partial charge in [0.15, 0.2) is 0 Å². The molecule has 110 valence electrons. The molecule has 3 fully saturated rings. The molecule has 2 nitrogen and oxygen atoms in total. The second kappa shape index (κ2) is 6.58. The molecule has 1 aliphatic heterocycles. The molecule has 0 aromatic carbocycles. The van der Waals surface area contributed by atoms with Crippen LogP contribution >= 0.6 is 0 Å². The quantitative estimate of drug-likeness (QED) is 0.738. The maximum Gasteiger partial charge on any atom is 0.00682 e. The number of likely N-dealkylation sites (tertiary alicyclic amines) is 1. The van der Waals surface area contributed by atoms with Crippen molar-refractivity contribution in [2.45, 2.75) is 76.7 Å². The van der Waals surface area contributed by atoms with E-state index in [-0.39, 0.29) is 0 Å². The van der Waals surface area contributed by atoms with Crippen molar-refractivity contribution in [3.63, 3.8) is 0 Å². The molecule has 0 unspecified atom stereocenters. The zero-order valence-corrected chi connectivity index (χ0v) is 12.6. The lowest BCUT2D eigenvalue weighted by Crippen LogP contribution is -2.41. The van der Waals surface area contributed by atoms with Crippen molar-refractivity contribution >= 4 is 0 Å². The highest BCUT2D eigenvalue weighted by Crippen LogP contribution is 2.44. The van der Waals surface area contributed by atoms with Crippen LogP contribution in [0.2, 0.25) is 0 Å². The number of hydrogen-bond acceptors (Lipinski definition) is 2. The highest BCUT2D eigenvalue weighted by Gasteiger charge is 2.35. The summed E-state index contributed by atoms with van der Waals surface area (Å²) in [5.41, 5.74) is 0.780. The summed E-state index contributed by atoms with van der Waals surface area (Å²) in [6, 6.07) is 0.890. The molecule has 0 aromatic heterocycles. The van der Waals surface area contributed by atoms with E-state index in [1.165, 1.54) is 96.8 Å². The second-order valence-electron chi connectivity index (χ2n) is 7.34. The van der Waals surface area contributed by atoms with E-state index in [0.717, 1.165) is 11.5 Å². The summed E-state index contributed by atoms with van der Waals surface area (Å²) >= 11 is 0. The lowest BCUT2D eigenvalue weighted by atomic mass is 9.68. The van der Waals surface area contributed by atoms with Gasteiger partial charge in [-0.1, -0.05) is 19.3 Å². The van der Waals surface area contributed by atoms with E-state index in [1.807, 2.05) is 0 Å². The minimum absolute atomic E-state index is 0.780. The summed E-state index contributed by atoms with van der Waals surface area (Å²) in [7, 11) is 0.